The molecule has 2 heterocycles. The molecule has 0 saturated carbocycles. The number of carbonyl (C=O) groups excluding carboxylic acids is 1. The van der Waals surface area contributed by atoms with Crippen molar-refractivity contribution >= 4 is 5.91 Å². The Hall–Kier alpha value is -2.17. The molecule has 4 rings (SSSR count). The quantitative estimate of drug-likeness (QED) is 0.873. The normalized spacial score (nSPS) is 20.5. The van der Waals surface area contributed by atoms with Gasteiger partial charge in [-0.3, -0.25) is 4.79 Å². The SMILES string of the molecule is O=C(Cc1ccc2c(c1)CCC2)N1CCCC(n2cncn2)C1. The molecule has 120 valence electrons. The summed E-state index contributed by atoms with van der Waals surface area (Å²) in [7, 11) is 0. The fourth-order valence-corrected chi connectivity index (χ4v) is 3.82. The minimum Gasteiger partial charge on any atom is -0.340 e. The first-order chi connectivity index (χ1) is 11.3. The van der Waals surface area contributed by atoms with Gasteiger partial charge in [0.05, 0.1) is 12.5 Å². The third-order valence-corrected chi connectivity index (χ3v) is 5.08. The van der Waals surface area contributed by atoms with E-state index in [0.29, 0.717) is 6.42 Å². The highest BCUT2D eigenvalue weighted by Crippen LogP contribution is 2.24. The van der Waals surface area contributed by atoms with Gasteiger partial charge < -0.3 is 4.90 Å². The number of aryl methyl sites for hydroxylation is 2. The second-order valence-corrected chi connectivity index (χ2v) is 6.64. The minimum atomic E-state index is 0.229. The number of amides is 1. The molecular formula is C18H22N4O. The van der Waals surface area contributed by atoms with Gasteiger partial charge >= 0.3 is 0 Å². The van der Waals surface area contributed by atoms with E-state index in [4.69, 9.17) is 0 Å². The third-order valence-electron chi connectivity index (χ3n) is 5.08. The summed E-state index contributed by atoms with van der Waals surface area (Å²) in [5.74, 6) is 0.229. The van der Waals surface area contributed by atoms with Gasteiger partial charge in [0, 0.05) is 13.1 Å². The van der Waals surface area contributed by atoms with E-state index in [1.807, 2.05) is 9.58 Å². The van der Waals surface area contributed by atoms with Crippen LogP contribution in [0.15, 0.2) is 30.9 Å². The van der Waals surface area contributed by atoms with Gasteiger partial charge in [-0.25, -0.2) is 9.67 Å². The van der Waals surface area contributed by atoms with Crippen LogP contribution in [0.5, 0.6) is 0 Å². The molecule has 5 heteroatoms. The maximum atomic E-state index is 12.7. The summed E-state index contributed by atoms with van der Waals surface area (Å²) in [6.45, 7) is 1.60. The molecule has 1 fully saturated rings. The van der Waals surface area contributed by atoms with Gasteiger partial charge in [0.15, 0.2) is 0 Å². The molecule has 2 aromatic rings. The molecule has 1 aliphatic carbocycles. The van der Waals surface area contributed by atoms with Gasteiger partial charge in [-0.1, -0.05) is 18.2 Å². The Labute approximate surface area is 136 Å². The van der Waals surface area contributed by atoms with E-state index in [1.165, 1.54) is 24.0 Å². The Morgan fingerprint density at radius 3 is 3.00 bits per heavy atom. The molecular weight excluding hydrogens is 288 g/mol. The first-order valence-electron chi connectivity index (χ1n) is 8.52. The van der Waals surface area contributed by atoms with Gasteiger partial charge in [-0.2, -0.15) is 5.10 Å². The molecule has 1 atom stereocenters. The Bertz CT molecular complexity index is 695. The van der Waals surface area contributed by atoms with Crippen LogP contribution >= 0.6 is 0 Å². The molecule has 0 bridgehead atoms. The first kappa shape index (κ1) is 14.4. The lowest BCUT2D eigenvalue weighted by molar-refractivity contribution is -0.132. The van der Waals surface area contributed by atoms with E-state index in [0.717, 1.165) is 37.9 Å². The van der Waals surface area contributed by atoms with Crippen LogP contribution in [0.25, 0.3) is 0 Å². The van der Waals surface area contributed by atoms with Gasteiger partial charge in [0.2, 0.25) is 5.91 Å². The molecule has 0 radical (unpaired) electrons. The van der Waals surface area contributed by atoms with Crippen molar-refractivity contribution in [3.05, 3.63) is 47.5 Å². The highest BCUT2D eigenvalue weighted by Gasteiger charge is 2.25. The molecule has 1 aromatic carbocycles. The fourth-order valence-electron chi connectivity index (χ4n) is 3.82. The standard InChI is InChI=1S/C18H22N4O/c23-18(10-14-6-7-15-3-1-4-16(15)9-14)21-8-2-5-17(11-21)22-13-19-12-20-22/h6-7,9,12-13,17H,1-5,8,10-11H2. The van der Waals surface area contributed by atoms with Crippen molar-refractivity contribution in [1.82, 2.24) is 19.7 Å². The summed E-state index contributed by atoms with van der Waals surface area (Å²) < 4.78 is 1.88. The van der Waals surface area contributed by atoms with Crippen molar-refractivity contribution in [2.24, 2.45) is 0 Å². The topological polar surface area (TPSA) is 51.0 Å². The monoisotopic (exact) mass is 310 g/mol. The van der Waals surface area contributed by atoms with E-state index in [9.17, 15) is 4.79 Å². The largest absolute Gasteiger partial charge is 0.340 e. The average molecular weight is 310 g/mol. The van der Waals surface area contributed by atoms with Crippen molar-refractivity contribution in [3.63, 3.8) is 0 Å². The lowest BCUT2D eigenvalue weighted by Crippen LogP contribution is -2.41. The molecule has 2 aliphatic rings. The van der Waals surface area contributed by atoms with Gasteiger partial charge in [0.25, 0.3) is 0 Å². The van der Waals surface area contributed by atoms with Gasteiger partial charge in [0.1, 0.15) is 12.7 Å². The summed E-state index contributed by atoms with van der Waals surface area (Å²) in [4.78, 5) is 18.7. The zero-order chi connectivity index (χ0) is 15.6. The molecule has 0 N–H and O–H groups in total. The molecule has 0 spiro atoms. The Kier molecular flexibility index (Phi) is 3.85. The van der Waals surface area contributed by atoms with E-state index >= 15 is 0 Å². The van der Waals surface area contributed by atoms with Crippen LogP contribution in [0, 0.1) is 0 Å². The number of carbonyl (C=O) groups is 1. The predicted octanol–water partition coefficient (Wildman–Crippen LogP) is 2.17. The lowest BCUT2D eigenvalue weighted by Gasteiger charge is -2.32. The second kappa shape index (κ2) is 6.14. The Morgan fingerprint density at radius 1 is 1.22 bits per heavy atom. The van der Waals surface area contributed by atoms with E-state index in [1.54, 1.807) is 12.7 Å². The average Bonchev–Trinajstić information content (AvgIpc) is 3.26. The molecule has 5 nitrogen and oxygen atoms in total. The smallest absolute Gasteiger partial charge is 0.227 e. The summed E-state index contributed by atoms with van der Waals surface area (Å²) in [6.07, 6.45) is 9.51. The summed E-state index contributed by atoms with van der Waals surface area (Å²) >= 11 is 0. The van der Waals surface area contributed by atoms with Crippen LogP contribution in [0.4, 0.5) is 0 Å². The number of hydrogen-bond acceptors (Lipinski definition) is 3. The molecule has 1 aromatic heterocycles. The number of piperidine rings is 1. The molecule has 1 amide bonds. The molecule has 23 heavy (non-hydrogen) atoms. The van der Waals surface area contributed by atoms with Crippen molar-refractivity contribution in [3.8, 4) is 0 Å². The highest BCUT2D eigenvalue weighted by molar-refractivity contribution is 5.79. The number of fused-ring (bicyclic) bond motifs is 1. The van der Waals surface area contributed by atoms with Crippen LogP contribution < -0.4 is 0 Å². The zero-order valence-corrected chi connectivity index (χ0v) is 13.3. The zero-order valence-electron chi connectivity index (χ0n) is 13.3. The molecule has 1 aliphatic heterocycles. The lowest BCUT2D eigenvalue weighted by atomic mass is 10.0. The van der Waals surface area contributed by atoms with Gasteiger partial charge in [-0.05, 0) is 48.8 Å². The second-order valence-electron chi connectivity index (χ2n) is 6.64. The molecule has 1 saturated heterocycles. The van der Waals surface area contributed by atoms with Crippen molar-refractivity contribution in [2.45, 2.75) is 44.6 Å². The van der Waals surface area contributed by atoms with E-state index < -0.39 is 0 Å². The highest BCUT2D eigenvalue weighted by atomic mass is 16.2. The van der Waals surface area contributed by atoms with Crippen LogP contribution in [0.1, 0.15) is 42.0 Å². The Morgan fingerprint density at radius 2 is 2.13 bits per heavy atom. The summed E-state index contributed by atoms with van der Waals surface area (Å²) in [5, 5.41) is 4.22. The Balaban J connectivity index is 1.42. The van der Waals surface area contributed by atoms with Crippen molar-refractivity contribution in [2.75, 3.05) is 13.1 Å². The first-order valence-corrected chi connectivity index (χ1v) is 8.52. The summed E-state index contributed by atoms with van der Waals surface area (Å²) in [5.41, 5.74) is 4.05. The molecule has 1 unspecified atom stereocenters. The number of aromatic nitrogens is 3. The van der Waals surface area contributed by atoms with E-state index in [-0.39, 0.29) is 11.9 Å². The fraction of sp³-hybridized carbons (Fsp3) is 0.500. The number of nitrogens with zero attached hydrogens (tertiary/aromatic N) is 4. The number of hydrogen-bond donors (Lipinski definition) is 0. The van der Waals surface area contributed by atoms with Crippen LogP contribution in [-0.4, -0.2) is 38.7 Å². The van der Waals surface area contributed by atoms with Crippen molar-refractivity contribution < 1.29 is 4.79 Å². The number of rotatable bonds is 3. The van der Waals surface area contributed by atoms with Crippen LogP contribution in [-0.2, 0) is 24.1 Å². The predicted molar refractivity (Wildman–Crippen MR) is 87.0 cm³/mol. The van der Waals surface area contributed by atoms with Crippen LogP contribution in [0.2, 0.25) is 0 Å². The summed E-state index contributed by atoms with van der Waals surface area (Å²) in [6, 6.07) is 6.83. The minimum absolute atomic E-state index is 0.229. The third kappa shape index (κ3) is 3.00. The number of benzene rings is 1. The maximum absolute atomic E-state index is 12.7. The van der Waals surface area contributed by atoms with E-state index in [2.05, 4.69) is 28.3 Å². The van der Waals surface area contributed by atoms with Crippen molar-refractivity contribution in [1.29, 1.82) is 0 Å². The van der Waals surface area contributed by atoms with Gasteiger partial charge in [-0.15, -0.1) is 0 Å². The van der Waals surface area contributed by atoms with Crippen LogP contribution in [0.3, 0.4) is 0 Å². The number of likely N-dealkylation sites (tertiary alicyclic amines) is 1. The maximum Gasteiger partial charge on any atom is 0.227 e.